The molecule has 0 radical (unpaired) electrons. The zero-order valence-corrected chi connectivity index (χ0v) is 10.3. The summed E-state index contributed by atoms with van der Waals surface area (Å²) < 4.78 is 0. The Bertz CT molecular complexity index is 169. The van der Waals surface area contributed by atoms with E-state index in [0.717, 1.165) is 12.8 Å². The normalized spacial score (nSPS) is 14.7. The molecular weight excluding hydrogens is 190 g/mol. The highest BCUT2D eigenvalue weighted by Gasteiger charge is 2.09. The lowest BCUT2D eigenvalue weighted by Gasteiger charge is -2.15. The van der Waals surface area contributed by atoms with Crippen molar-refractivity contribution in [1.82, 2.24) is 5.32 Å². The van der Waals surface area contributed by atoms with E-state index in [9.17, 15) is 4.79 Å². The van der Waals surface area contributed by atoms with E-state index in [1.165, 1.54) is 12.8 Å². The molecule has 0 aliphatic carbocycles. The smallest absolute Gasteiger partial charge is 0.220 e. The van der Waals surface area contributed by atoms with Crippen LogP contribution in [0, 0.1) is 0 Å². The highest BCUT2D eigenvalue weighted by atomic mass is 16.3. The highest BCUT2D eigenvalue weighted by Crippen LogP contribution is 2.03. The van der Waals surface area contributed by atoms with Gasteiger partial charge in [0.05, 0.1) is 6.10 Å². The maximum atomic E-state index is 11.4. The first-order valence-electron chi connectivity index (χ1n) is 6.03. The zero-order valence-electron chi connectivity index (χ0n) is 10.3. The fourth-order valence-electron chi connectivity index (χ4n) is 1.63. The summed E-state index contributed by atoms with van der Waals surface area (Å²) in [6, 6.07) is 0.0728. The maximum absolute atomic E-state index is 11.4. The lowest BCUT2D eigenvalue weighted by molar-refractivity contribution is -0.121. The van der Waals surface area contributed by atoms with Gasteiger partial charge in [0.2, 0.25) is 5.91 Å². The Morgan fingerprint density at radius 1 is 1.27 bits per heavy atom. The number of amides is 1. The monoisotopic (exact) mass is 215 g/mol. The molecule has 0 rings (SSSR count). The molecule has 2 unspecified atom stereocenters. The molecule has 3 nitrogen and oxygen atoms in total. The molecular formula is C12H25NO2. The van der Waals surface area contributed by atoms with Crippen LogP contribution in [-0.4, -0.2) is 23.2 Å². The Labute approximate surface area is 93.3 Å². The first-order chi connectivity index (χ1) is 7.06. The maximum Gasteiger partial charge on any atom is 0.220 e. The van der Waals surface area contributed by atoms with Crippen molar-refractivity contribution in [1.29, 1.82) is 0 Å². The van der Waals surface area contributed by atoms with Crippen molar-refractivity contribution in [3.8, 4) is 0 Å². The van der Waals surface area contributed by atoms with Gasteiger partial charge in [0.15, 0.2) is 0 Å². The molecule has 0 bridgehead atoms. The molecule has 0 fully saturated rings. The molecule has 1 amide bonds. The van der Waals surface area contributed by atoms with Gasteiger partial charge >= 0.3 is 0 Å². The van der Waals surface area contributed by atoms with E-state index in [4.69, 9.17) is 5.11 Å². The van der Waals surface area contributed by atoms with E-state index in [1.807, 2.05) is 6.92 Å². The summed E-state index contributed by atoms with van der Waals surface area (Å²) in [5.41, 5.74) is 0. The second-order valence-corrected chi connectivity index (χ2v) is 4.36. The minimum atomic E-state index is -0.347. The van der Waals surface area contributed by atoms with Crippen LogP contribution in [0.3, 0.4) is 0 Å². The average Bonchev–Trinajstić information content (AvgIpc) is 2.10. The minimum Gasteiger partial charge on any atom is -0.393 e. The van der Waals surface area contributed by atoms with Crippen molar-refractivity contribution >= 4 is 5.91 Å². The van der Waals surface area contributed by atoms with E-state index < -0.39 is 0 Å². The minimum absolute atomic E-state index is 0.0728. The Kier molecular flexibility index (Phi) is 8.38. The van der Waals surface area contributed by atoms with E-state index in [0.29, 0.717) is 12.8 Å². The van der Waals surface area contributed by atoms with Crippen LogP contribution < -0.4 is 5.32 Å². The number of carbonyl (C=O) groups is 1. The molecule has 0 aromatic heterocycles. The third-order valence-electron chi connectivity index (χ3n) is 2.36. The number of hydrogen-bond donors (Lipinski definition) is 2. The van der Waals surface area contributed by atoms with Crippen LogP contribution in [-0.2, 0) is 4.79 Å². The average molecular weight is 215 g/mol. The van der Waals surface area contributed by atoms with Crippen LogP contribution in [0.25, 0.3) is 0 Å². The fraction of sp³-hybridized carbons (Fsp3) is 0.917. The van der Waals surface area contributed by atoms with Gasteiger partial charge in [0.1, 0.15) is 0 Å². The molecule has 90 valence electrons. The van der Waals surface area contributed by atoms with E-state index in [2.05, 4.69) is 12.2 Å². The summed E-state index contributed by atoms with van der Waals surface area (Å²) >= 11 is 0. The van der Waals surface area contributed by atoms with Crippen LogP contribution in [0.5, 0.6) is 0 Å². The topological polar surface area (TPSA) is 49.3 Å². The highest BCUT2D eigenvalue weighted by molar-refractivity contribution is 5.76. The summed E-state index contributed by atoms with van der Waals surface area (Å²) in [6.45, 7) is 5.82. The predicted molar refractivity (Wildman–Crippen MR) is 62.7 cm³/mol. The molecule has 0 aromatic rings. The van der Waals surface area contributed by atoms with Gasteiger partial charge in [-0.1, -0.05) is 26.2 Å². The Hall–Kier alpha value is -0.570. The predicted octanol–water partition coefficient (Wildman–Crippen LogP) is 2.23. The summed E-state index contributed by atoms with van der Waals surface area (Å²) in [5, 5.41) is 12.0. The summed E-state index contributed by atoms with van der Waals surface area (Å²) in [4.78, 5) is 11.4. The second kappa shape index (κ2) is 8.72. The van der Waals surface area contributed by atoms with Gasteiger partial charge < -0.3 is 10.4 Å². The van der Waals surface area contributed by atoms with Gasteiger partial charge in [0.25, 0.3) is 0 Å². The molecule has 0 spiro atoms. The Morgan fingerprint density at radius 3 is 2.47 bits per heavy atom. The van der Waals surface area contributed by atoms with Crippen LogP contribution >= 0.6 is 0 Å². The molecule has 0 aliphatic heterocycles. The van der Waals surface area contributed by atoms with Gasteiger partial charge in [-0.3, -0.25) is 4.79 Å². The van der Waals surface area contributed by atoms with Gasteiger partial charge in [-0.15, -0.1) is 0 Å². The van der Waals surface area contributed by atoms with Crippen molar-refractivity contribution in [2.75, 3.05) is 0 Å². The van der Waals surface area contributed by atoms with Gasteiger partial charge in [0, 0.05) is 12.5 Å². The number of rotatable bonds is 8. The molecule has 0 aliphatic rings. The molecule has 0 aromatic carbocycles. The number of hydrogen-bond acceptors (Lipinski definition) is 2. The third-order valence-corrected chi connectivity index (χ3v) is 2.36. The molecule has 2 N–H and O–H groups in total. The van der Waals surface area contributed by atoms with E-state index >= 15 is 0 Å². The lowest BCUT2D eigenvalue weighted by atomic mass is 10.1. The quantitative estimate of drug-likeness (QED) is 0.610. The van der Waals surface area contributed by atoms with Crippen LogP contribution in [0.4, 0.5) is 0 Å². The van der Waals surface area contributed by atoms with Crippen molar-refractivity contribution in [3.05, 3.63) is 0 Å². The number of unbranched alkanes of at least 4 members (excludes halogenated alkanes) is 3. The molecule has 0 heterocycles. The van der Waals surface area contributed by atoms with E-state index in [1.54, 1.807) is 6.92 Å². The number of aliphatic hydroxyl groups is 1. The molecule has 3 heteroatoms. The number of nitrogens with one attached hydrogen (secondary N) is 1. The van der Waals surface area contributed by atoms with Crippen LogP contribution in [0.15, 0.2) is 0 Å². The summed E-state index contributed by atoms with van der Waals surface area (Å²) in [7, 11) is 0. The molecule has 0 saturated heterocycles. The lowest BCUT2D eigenvalue weighted by Crippen LogP contribution is -2.34. The van der Waals surface area contributed by atoms with Crippen LogP contribution in [0.2, 0.25) is 0 Å². The van der Waals surface area contributed by atoms with Crippen molar-refractivity contribution in [2.24, 2.45) is 0 Å². The molecule has 2 atom stereocenters. The second-order valence-electron chi connectivity index (χ2n) is 4.36. The number of carbonyl (C=O) groups excluding carboxylic acids is 1. The Balaban J connectivity index is 3.47. The summed E-state index contributed by atoms with van der Waals surface area (Å²) in [6.07, 6.45) is 5.40. The first-order valence-corrected chi connectivity index (χ1v) is 6.03. The third kappa shape index (κ3) is 9.73. The fourth-order valence-corrected chi connectivity index (χ4v) is 1.63. The first kappa shape index (κ1) is 14.4. The van der Waals surface area contributed by atoms with Gasteiger partial charge in [-0.2, -0.15) is 0 Å². The molecule has 15 heavy (non-hydrogen) atoms. The van der Waals surface area contributed by atoms with Gasteiger partial charge in [-0.25, -0.2) is 0 Å². The van der Waals surface area contributed by atoms with E-state index in [-0.39, 0.29) is 18.1 Å². The SMILES string of the molecule is CCCCCCC(=O)NC(C)CC(C)O. The molecule has 0 saturated carbocycles. The van der Waals surface area contributed by atoms with Crippen molar-refractivity contribution in [2.45, 2.75) is 71.4 Å². The van der Waals surface area contributed by atoms with Gasteiger partial charge in [-0.05, 0) is 26.7 Å². The van der Waals surface area contributed by atoms with Crippen LogP contribution in [0.1, 0.15) is 59.3 Å². The van der Waals surface area contributed by atoms with Crippen molar-refractivity contribution < 1.29 is 9.90 Å². The zero-order chi connectivity index (χ0) is 11.7. The van der Waals surface area contributed by atoms with Crippen molar-refractivity contribution in [3.63, 3.8) is 0 Å². The largest absolute Gasteiger partial charge is 0.393 e. The standard InChI is InChI=1S/C12H25NO2/c1-4-5-6-7-8-12(15)13-10(2)9-11(3)14/h10-11,14H,4-9H2,1-3H3,(H,13,15). The Morgan fingerprint density at radius 2 is 1.93 bits per heavy atom. The number of aliphatic hydroxyl groups excluding tert-OH is 1. The summed E-state index contributed by atoms with van der Waals surface area (Å²) in [5.74, 6) is 0.110.